The molecule has 0 bridgehead atoms. The molecular formula is C132H76N12OS2. The second-order valence-electron chi connectivity index (χ2n) is 38.3. The van der Waals surface area contributed by atoms with Crippen LogP contribution in [0.15, 0.2) is 465 Å². The fourth-order valence-corrected chi connectivity index (χ4v) is 25.8. The molecule has 0 radical (unpaired) electrons. The van der Waals surface area contributed by atoms with Crippen molar-refractivity contribution >= 4 is 265 Å². The summed E-state index contributed by atoms with van der Waals surface area (Å²) in [6.07, 6.45) is 0. The molecule has 22 aromatic carbocycles. The van der Waals surface area contributed by atoms with Crippen molar-refractivity contribution in [1.29, 1.82) is 0 Å². The Bertz CT molecular complexity index is 11300. The van der Waals surface area contributed by atoms with E-state index in [2.05, 4.69) is 458 Å². The van der Waals surface area contributed by atoms with E-state index in [4.69, 9.17) is 34.3 Å². The van der Waals surface area contributed by atoms with Gasteiger partial charge in [0.05, 0.1) is 82.8 Å². The van der Waals surface area contributed by atoms with Gasteiger partial charge in [-0.15, -0.1) is 22.7 Å². The monoisotopic (exact) mass is 1910 g/mol. The topological polar surface area (TPSA) is 118 Å². The third-order valence-corrected chi connectivity index (χ3v) is 32.6. The van der Waals surface area contributed by atoms with Gasteiger partial charge in [-0.2, -0.15) is 0 Å². The maximum absolute atomic E-state index is 6.27. The average Bonchev–Trinajstić information content (AvgIpc) is 1.54. The molecule has 34 aromatic rings. The standard InChI is InChI=1S/C48H28N4S.C42H24N4O.C42H24N4S/c1-2-10-34-31(9-1)22-26-43-46(34)38-27-32(29-17-19-30(20-18-29)33-21-24-36-35-11-4-8-16-44(35)53-45(36)28-33)23-25-41(38)51(43)48-50-39-13-5-3-12-37(39)47-49-40-14-6-7-15-42(40)52(47)48;2*1-2-10-28-25(9-1)18-22-37-40(28)32-23-26(27-17-20-30-29-11-4-8-16-38(29)47-39(30)24-27)19-21-35(32)45(37)42-44-33-13-5-3-12-31(33)41-43-34-14-6-7-15-36(34)46(41)42/h1-28H;2*1-24H. The molecule has 0 amide bonds. The summed E-state index contributed by atoms with van der Waals surface area (Å²) in [5, 5.41) is 25.2. The van der Waals surface area contributed by atoms with Crippen LogP contribution in [0.5, 0.6) is 0 Å². The molecule has 0 aliphatic heterocycles. The number of nitrogens with zero attached hydrogens (tertiary/aromatic N) is 12. The highest BCUT2D eigenvalue weighted by atomic mass is 32.1. The van der Waals surface area contributed by atoms with Gasteiger partial charge in [-0.25, -0.2) is 29.9 Å². The molecule has 682 valence electrons. The molecule has 0 saturated carbocycles. The second kappa shape index (κ2) is 31.6. The lowest BCUT2D eigenvalue weighted by Gasteiger charge is -2.13. The first-order valence-corrected chi connectivity index (χ1v) is 51.2. The van der Waals surface area contributed by atoms with Crippen molar-refractivity contribution in [2.45, 2.75) is 0 Å². The molecule has 12 aromatic heterocycles. The summed E-state index contributed by atoms with van der Waals surface area (Å²) in [6, 6.07) is 165. The van der Waals surface area contributed by atoms with Crippen LogP contribution in [0, 0.1) is 0 Å². The van der Waals surface area contributed by atoms with E-state index in [1.165, 1.54) is 138 Å². The van der Waals surface area contributed by atoms with Crippen LogP contribution in [0.25, 0.3) is 305 Å². The number of rotatable bonds is 7. The lowest BCUT2D eigenvalue weighted by atomic mass is 9.97. The van der Waals surface area contributed by atoms with Gasteiger partial charge in [0, 0.05) is 99.6 Å². The van der Waals surface area contributed by atoms with Crippen molar-refractivity contribution in [3.63, 3.8) is 0 Å². The zero-order valence-corrected chi connectivity index (χ0v) is 80.1. The predicted octanol–water partition coefficient (Wildman–Crippen LogP) is 35.2. The van der Waals surface area contributed by atoms with Gasteiger partial charge in [-0.05, 0) is 247 Å². The number of para-hydroxylation sites is 10. The fourth-order valence-electron chi connectivity index (χ4n) is 23.6. The Balaban J connectivity index is 0.0000000982. The Labute approximate surface area is 843 Å². The first-order chi connectivity index (χ1) is 72.9. The number of thiophene rings is 2. The quantitative estimate of drug-likeness (QED) is 0.156. The van der Waals surface area contributed by atoms with Crippen LogP contribution >= 0.6 is 22.7 Å². The molecule has 0 N–H and O–H groups in total. The van der Waals surface area contributed by atoms with E-state index in [1.54, 1.807) is 0 Å². The van der Waals surface area contributed by atoms with Gasteiger partial charge in [0.1, 0.15) is 28.1 Å². The van der Waals surface area contributed by atoms with Gasteiger partial charge in [0.25, 0.3) is 0 Å². The predicted molar refractivity (Wildman–Crippen MR) is 614 cm³/mol. The summed E-state index contributed by atoms with van der Waals surface area (Å²) in [4.78, 5) is 31.5. The van der Waals surface area contributed by atoms with Crippen molar-refractivity contribution < 1.29 is 4.42 Å². The van der Waals surface area contributed by atoms with Crippen molar-refractivity contribution in [2.75, 3.05) is 0 Å². The van der Waals surface area contributed by atoms with Gasteiger partial charge >= 0.3 is 0 Å². The minimum Gasteiger partial charge on any atom is -0.456 e. The van der Waals surface area contributed by atoms with Gasteiger partial charge in [0.15, 0.2) is 0 Å². The average molecular weight is 1910 g/mol. The van der Waals surface area contributed by atoms with Gasteiger partial charge in [-0.1, -0.05) is 291 Å². The van der Waals surface area contributed by atoms with Crippen molar-refractivity contribution in [3.8, 4) is 62.4 Å². The highest BCUT2D eigenvalue weighted by Crippen LogP contribution is 2.48. The van der Waals surface area contributed by atoms with E-state index in [0.29, 0.717) is 0 Å². The van der Waals surface area contributed by atoms with E-state index in [0.717, 1.165) is 167 Å². The van der Waals surface area contributed by atoms with Crippen LogP contribution < -0.4 is 0 Å². The van der Waals surface area contributed by atoms with E-state index in [9.17, 15) is 0 Å². The fraction of sp³-hybridized carbons (Fsp3) is 0. The molecule has 0 atom stereocenters. The smallest absolute Gasteiger partial charge is 0.221 e. The van der Waals surface area contributed by atoms with E-state index < -0.39 is 0 Å². The minimum atomic E-state index is 0.819. The molecular weight excluding hydrogens is 1830 g/mol. The summed E-state index contributed by atoms with van der Waals surface area (Å²) < 4.78 is 25.2. The minimum absolute atomic E-state index is 0.819. The molecule has 147 heavy (non-hydrogen) atoms. The Morgan fingerprint density at radius 2 is 0.435 bits per heavy atom. The van der Waals surface area contributed by atoms with Crippen molar-refractivity contribution in [3.05, 3.63) is 461 Å². The van der Waals surface area contributed by atoms with Crippen LogP contribution in [0.3, 0.4) is 0 Å². The van der Waals surface area contributed by atoms with Crippen LogP contribution in [0.4, 0.5) is 0 Å². The maximum Gasteiger partial charge on any atom is 0.221 e. The first kappa shape index (κ1) is 81.4. The molecule has 0 fully saturated rings. The summed E-state index contributed by atoms with van der Waals surface area (Å²) in [6.45, 7) is 0. The number of benzene rings is 22. The maximum atomic E-state index is 6.27. The van der Waals surface area contributed by atoms with Gasteiger partial charge in [0.2, 0.25) is 17.8 Å². The molecule has 15 heteroatoms. The summed E-state index contributed by atoms with van der Waals surface area (Å²) in [5.74, 6) is 2.48. The number of imidazole rings is 3. The Kier molecular flexibility index (Phi) is 17.5. The molecule has 0 aliphatic carbocycles. The molecule has 0 aliphatic rings. The number of hydrogen-bond acceptors (Lipinski definition) is 9. The molecule has 34 rings (SSSR count). The van der Waals surface area contributed by atoms with E-state index in [1.807, 2.05) is 53.0 Å². The van der Waals surface area contributed by atoms with E-state index >= 15 is 0 Å². The van der Waals surface area contributed by atoms with Gasteiger partial charge in [-0.3, -0.25) is 26.9 Å². The number of hydrogen-bond donors (Lipinski definition) is 0. The molecule has 0 spiro atoms. The third kappa shape index (κ3) is 12.3. The zero-order valence-electron chi connectivity index (χ0n) is 78.5. The van der Waals surface area contributed by atoms with Crippen LogP contribution in [-0.2, 0) is 0 Å². The van der Waals surface area contributed by atoms with E-state index in [-0.39, 0.29) is 0 Å². The Morgan fingerprint density at radius 1 is 0.163 bits per heavy atom. The number of aromatic nitrogens is 12. The van der Waals surface area contributed by atoms with Gasteiger partial charge < -0.3 is 4.42 Å². The normalized spacial score (nSPS) is 12.2. The van der Waals surface area contributed by atoms with Crippen molar-refractivity contribution in [1.82, 2.24) is 56.8 Å². The molecule has 0 saturated heterocycles. The number of furan rings is 1. The van der Waals surface area contributed by atoms with Crippen LogP contribution in [-0.4, -0.2) is 56.8 Å². The Morgan fingerprint density at radius 3 is 0.837 bits per heavy atom. The first-order valence-electron chi connectivity index (χ1n) is 49.6. The molecule has 13 nitrogen and oxygen atoms in total. The van der Waals surface area contributed by atoms with Crippen molar-refractivity contribution in [2.24, 2.45) is 0 Å². The zero-order chi connectivity index (χ0) is 95.9. The lowest BCUT2D eigenvalue weighted by Crippen LogP contribution is -2.06. The number of fused-ring (bicyclic) bond motifs is 39. The highest BCUT2D eigenvalue weighted by Gasteiger charge is 2.28. The molecule has 0 unspecified atom stereocenters. The molecule has 12 heterocycles. The summed E-state index contributed by atoms with van der Waals surface area (Å²) in [7, 11) is 0. The SMILES string of the molecule is c1ccc2c(c1)ccc1c2c2cc(-c3ccc(-c4ccc5c(c4)sc4ccccc45)cc3)ccc2n1-c1nc2ccccc2c2nc3ccccc3n12.c1ccc2c(c1)ccc1c2c2cc(-c3ccc4c(c3)oc3ccccc34)ccc2n1-c1nc2ccccc2c2nc3ccccc3n12.c1ccc2c(c1)ccc1c2c2cc(-c3ccc4c(c3)sc3ccccc34)ccc2n1-c1nc2ccccc2c2nc3ccccc3n12. The largest absolute Gasteiger partial charge is 0.456 e. The Hall–Kier alpha value is -19.3. The lowest BCUT2D eigenvalue weighted by molar-refractivity contribution is 0.669. The third-order valence-electron chi connectivity index (χ3n) is 30.3. The van der Waals surface area contributed by atoms with Crippen LogP contribution in [0.1, 0.15) is 0 Å². The highest BCUT2D eigenvalue weighted by molar-refractivity contribution is 7.26. The summed E-state index contributed by atoms with van der Waals surface area (Å²) >= 11 is 3.73. The summed E-state index contributed by atoms with van der Waals surface area (Å²) in [5.41, 5.74) is 29.4. The second-order valence-corrected chi connectivity index (χ2v) is 40.5. The van der Waals surface area contributed by atoms with Crippen LogP contribution in [0.2, 0.25) is 0 Å².